The molecule has 23 heavy (non-hydrogen) atoms. The highest BCUT2D eigenvalue weighted by Crippen LogP contribution is 2.16. The number of aromatic amines is 1. The van der Waals surface area contributed by atoms with E-state index in [-0.39, 0.29) is 11.5 Å². The van der Waals surface area contributed by atoms with Crippen LogP contribution in [0, 0.1) is 0 Å². The molecule has 0 fully saturated rings. The summed E-state index contributed by atoms with van der Waals surface area (Å²) < 4.78 is 5.48. The Kier molecular flexibility index (Phi) is 5.74. The average Bonchev–Trinajstić information content (AvgIpc) is 2.55. The summed E-state index contributed by atoms with van der Waals surface area (Å²) in [5.41, 5.74) is 1.17. The van der Waals surface area contributed by atoms with Crippen LogP contribution in [-0.2, 0) is 6.54 Å². The molecule has 0 atom stereocenters. The van der Waals surface area contributed by atoms with Gasteiger partial charge in [-0.3, -0.25) is 9.59 Å². The number of carbonyl (C=O) groups excluding carboxylic acids is 1. The lowest BCUT2D eigenvalue weighted by molar-refractivity contribution is 0.0762. The molecule has 1 aromatic heterocycles. The fourth-order valence-corrected chi connectivity index (χ4v) is 2.22. The molecule has 0 spiro atoms. The van der Waals surface area contributed by atoms with Crippen molar-refractivity contribution < 1.29 is 9.53 Å². The zero-order chi connectivity index (χ0) is 16.7. The van der Waals surface area contributed by atoms with Gasteiger partial charge < -0.3 is 14.6 Å². The molecule has 0 radical (unpaired) electrons. The van der Waals surface area contributed by atoms with Gasteiger partial charge in [-0.05, 0) is 30.7 Å². The van der Waals surface area contributed by atoms with Crippen molar-refractivity contribution in [3.05, 3.63) is 76.7 Å². The zero-order valence-electron chi connectivity index (χ0n) is 13.1. The number of amides is 1. The minimum absolute atomic E-state index is 0.164. The summed E-state index contributed by atoms with van der Waals surface area (Å²) in [5.74, 6) is 0.614. The number of hydrogen-bond acceptors (Lipinski definition) is 3. The highest BCUT2D eigenvalue weighted by atomic mass is 16.5. The van der Waals surface area contributed by atoms with Gasteiger partial charge in [-0.15, -0.1) is 6.58 Å². The number of pyridine rings is 1. The molecule has 120 valence electrons. The van der Waals surface area contributed by atoms with E-state index in [1.165, 1.54) is 18.3 Å². The quantitative estimate of drug-likeness (QED) is 0.799. The van der Waals surface area contributed by atoms with E-state index in [2.05, 4.69) is 11.6 Å². The molecular weight excluding hydrogens is 292 g/mol. The molecule has 0 aliphatic rings. The van der Waals surface area contributed by atoms with Crippen LogP contribution in [0.1, 0.15) is 22.8 Å². The molecule has 0 aliphatic carbocycles. The van der Waals surface area contributed by atoms with Crippen LogP contribution in [0.5, 0.6) is 5.75 Å². The van der Waals surface area contributed by atoms with Gasteiger partial charge in [0, 0.05) is 25.4 Å². The summed E-state index contributed by atoms with van der Waals surface area (Å²) in [6, 6.07) is 10.5. The Hall–Kier alpha value is -2.82. The van der Waals surface area contributed by atoms with E-state index < -0.39 is 0 Å². The van der Waals surface area contributed by atoms with Gasteiger partial charge in [0.05, 0.1) is 12.2 Å². The topological polar surface area (TPSA) is 62.4 Å². The van der Waals surface area contributed by atoms with Crippen molar-refractivity contribution in [2.24, 2.45) is 0 Å². The number of carbonyl (C=O) groups is 1. The van der Waals surface area contributed by atoms with E-state index >= 15 is 0 Å². The van der Waals surface area contributed by atoms with Crippen LogP contribution < -0.4 is 10.3 Å². The Labute approximate surface area is 135 Å². The number of aromatic nitrogens is 1. The molecule has 2 aromatic rings. The summed E-state index contributed by atoms with van der Waals surface area (Å²) in [6.45, 7) is 7.07. The maximum atomic E-state index is 12.6. The number of nitrogens with zero attached hydrogens (tertiary/aromatic N) is 1. The molecular formula is C18H20N2O3. The lowest BCUT2D eigenvalue weighted by atomic mass is 10.1. The fourth-order valence-electron chi connectivity index (χ4n) is 2.22. The summed E-state index contributed by atoms with van der Waals surface area (Å²) in [5, 5.41) is 0. The summed E-state index contributed by atoms with van der Waals surface area (Å²) in [6.07, 6.45) is 3.10. The van der Waals surface area contributed by atoms with Crippen LogP contribution in [0.25, 0.3) is 0 Å². The predicted octanol–water partition coefficient (Wildman–Crippen LogP) is 2.60. The van der Waals surface area contributed by atoms with E-state index in [4.69, 9.17) is 4.74 Å². The van der Waals surface area contributed by atoms with Gasteiger partial charge >= 0.3 is 0 Å². The van der Waals surface area contributed by atoms with Crippen molar-refractivity contribution in [2.45, 2.75) is 13.5 Å². The Balaban J connectivity index is 2.19. The Bertz CT molecular complexity index is 717. The van der Waals surface area contributed by atoms with Crippen LogP contribution in [0.4, 0.5) is 0 Å². The number of rotatable bonds is 7. The minimum Gasteiger partial charge on any atom is -0.494 e. The van der Waals surface area contributed by atoms with Crippen molar-refractivity contribution in [2.75, 3.05) is 13.2 Å². The number of hydrogen-bond donors (Lipinski definition) is 1. The van der Waals surface area contributed by atoms with E-state index in [0.29, 0.717) is 25.3 Å². The molecule has 0 bridgehead atoms. The SMILES string of the molecule is C=CCN(Cc1cccc(OCC)c1)C(=O)c1ccc(=O)[nH]c1. The third-order valence-electron chi connectivity index (χ3n) is 3.25. The van der Waals surface area contributed by atoms with E-state index in [9.17, 15) is 9.59 Å². The van der Waals surface area contributed by atoms with Crippen LogP contribution in [-0.4, -0.2) is 28.9 Å². The van der Waals surface area contributed by atoms with Gasteiger partial charge in [-0.2, -0.15) is 0 Å². The second-order valence-corrected chi connectivity index (χ2v) is 5.00. The smallest absolute Gasteiger partial charge is 0.255 e. The molecule has 1 aromatic carbocycles. The van der Waals surface area contributed by atoms with Crippen LogP contribution in [0.2, 0.25) is 0 Å². The highest BCUT2D eigenvalue weighted by molar-refractivity contribution is 5.93. The molecule has 0 unspecified atom stereocenters. The molecule has 0 aliphatic heterocycles. The van der Waals surface area contributed by atoms with Gasteiger partial charge in [0.2, 0.25) is 5.56 Å². The van der Waals surface area contributed by atoms with Crippen molar-refractivity contribution in [3.8, 4) is 5.75 Å². The zero-order valence-corrected chi connectivity index (χ0v) is 13.1. The van der Waals surface area contributed by atoms with Crippen molar-refractivity contribution in [1.29, 1.82) is 0 Å². The van der Waals surface area contributed by atoms with Crippen LogP contribution in [0.15, 0.2) is 60.0 Å². The fraction of sp³-hybridized carbons (Fsp3) is 0.222. The van der Waals surface area contributed by atoms with Gasteiger partial charge in [0.15, 0.2) is 0 Å². The van der Waals surface area contributed by atoms with Crippen molar-refractivity contribution in [1.82, 2.24) is 9.88 Å². The first-order chi connectivity index (χ1) is 11.1. The summed E-state index contributed by atoms with van der Waals surface area (Å²) in [4.78, 5) is 27.9. The van der Waals surface area contributed by atoms with E-state index in [0.717, 1.165) is 11.3 Å². The first kappa shape index (κ1) is 16.5. The van der Waals surface area contributed by atoms with Gasteiger partial charge in [0.25, 0.3) is 5.91 Å². The summed E-state index contributed by atoms with van der Waals surface area (Å²) >= 11 is 0. The molecule has 1 amide bonds. The molecule has 5 heteroatoms. The lowest BCUT2D eigenvalue weighted by Crippen LogP contribution is -2.31. The largest absolute Gasteiger partial charge is 0.494 e. The number of ether oxygens (including phenoxy) is 1. The van der Waals surface area contributed by atoms with Crippen LogP contribution >= 0.6 is 0 Å². The van der Waals surface area contributed by atoms with Gasteiger partial charge in [-0.1, -0.05) is 18.2 Å². The highest BCUT2D eigenvalue weighted by Gasteiger charge is 2.15. The molecule has 1 N–H and O–H groups in total. The lowest BCUT2D eigenvalue weighted by Gasteiger charge is -2.21. The Morgan fingerprint density at radius 3 is 2.83 bits per heavy atom. The van der Waals surface area contributed by atoms with E-state index in [1.54, 1.807) is 11.0 Å². The second kappa shape index (κ2) is 7.98. The first-order valence-corrected chi connectivity index (χ1v) is 7.44. The standard InChI is InChI=1S/C18H20N2O3/c1-3-10-20(18(22)15-8-9-17(21)19-12-15)13-14-6-5-7-16(11-14)23-4-2/h3,5-9,11-12H,1,4,10,13H2,2H3,(H,19,21). The maximum absolute atomic E-state index is 12.6. The number of nitrogens with one attached hydrogen (secondary N) is 1. The normalized spacial score (nSPS) is 10.1. The van der Waals surface area contributed by atoms with Crippen LogP contribution in [0.3, 0.4) is 0 Å². The third kappa shape index (κ3) is 4.57. The van der Waals surface area contributed by atoms with Crippen molar-refractivity contribution >= 4 is 5.91 Å². The van der Waals surface area contributed by atoms with Gasteiger partial charge in [-0.25, -0.2) is 0 Å². The summed E-state index contributed by atoms with van der Waals surface area (Å²) in [7, 11) is 0. The molecule has 0 saturated heterocycles. The van der Waals surface area contributed by atoms with Crippen molar-refractivity contribution in [3.63, 3.8) is 0 Å². The van der Waals surface area contributed by atoms with Gasteiger partial charge in [0.1, 0.15) is 5.75 Å². The third-order valence-corrected chi connectivity index (χ3v) is 3.25. The first-order valence-electron chi connectivity index (χ1n) is 7.44. The maximum Gasteiger partial charge on any atom is 0.255 e. The Morgan fingerprint density at radius 1 is 1.35 bits per heavy atom. The number of H-pyrrole nitrogens is 1. The monoisotopic (exact) mass is 312 g/mol. The minimum atomic E-state index is -0.235. The van der Waals surface area contributed by atoms with E-state index in [1.807, 2.05) is 31.2 Å². The predicted molar refractivity (Wildman–Crippen MR) is 89.6 cm³/mol. The molecule has 5 nitrogen and oxygen atoms in total. The molecule has 1 heterocycles. The molecule has 0 saturated carbocycles. The molecule has 2 rings (SSSR count). The number of benzene rings is 1. The second-order valence-electron chi connectivity index (χ2n) is 5.00. The Morgan fingerprint density at radius 2 is 2.17 bits per heavy atom. The average molecular weight is 312 g/mol.